The van der Waals surface area contributed by atoms with Crippen molar-refractivity contribution >= 4 is 5.97 Å². The third-order valence-electron chi connectivity index (χ3n) is 9.61. The van der Waals surface area contributed by atoms with Crippen LogP contribution < -0.4 is 0 Å². The zero-order chi connectivity index (χ0) is 18.7. The lowest BCUT2D eigenvalue weighted by molar-refractivity contribution is -0.161. The first-order valence-electron chi connectivity index (χ1n) is 11.1. The second-order valence-electron chi connectivity index (χ2n) is 10.6. The quantitative estimate of drug-likeness (QED) is 0.706. The van der Waals surface area contributed by atoms with E-state index in [0.29, 0.717) is 16.7 Å². The van der Waals surface area contributed by atoms with Crippen LogP contribution in [0.1, 0.15) is 85.5 Å². The van der Waals surface area contributed by atoms with Crippen LogP contribution in [0.2, 0.25) is 0 Å². The summed E-state index contributed by atoms with van der Waals surface area (Å²) in [6.45, 7) is 8.61. The fourth-order valence-electron chi connectivity index (χ4n) is 8.39. The number of esters is 1. The van der Waals surface area contributed by atoms with Crippen LogP contribution in [-0.4, -0.2) is 23.3 Å². The Kier molecular flexibility index (Phi) is 4.69. The number of fused-ring (bicyclic) bond motifs is 5. The van der Waals surface area contributed by atoms with Crippen molar-refractivity contribution in [1.82, 2.24) is 0 Å². The Morgan fingerprint density at radius 3 is 2.38 bits per heavy atom. The molecule has 3 nitrogen and oxygen atoms in total. The SMILES string of the molecule is CC(=O)OC1CC[C@@]2(C)C(CC[C@H]3[C@@H]4CC[C@H](C(C)O)[C@@]4(C)CC[C@@H]32)C1. The van der Waals surface area contributed by atoms with Gasteiger partial charge in [-0.2, -0.15) is 0 Å². The van der Waals surface area contributed by atoms with E-state index in [2.05, 4.69) is 13.8 Å². The van der Waals surface area contributed by atoms with Crippen LogP contribution in [0.5, 0.6) is 0 Å². The summed E-state index contributed by atoms with van der Waals surface area (Å²) in [7, 11) is 0. The molecule has 148 valence electrons. The van der Waals surface area contributed by atoms with Crippen molar-refractivity contribution in [2.75, 3.05) is 0 Å². The number of aliphatic hydroxyl groups excluding tert-OH is 1. The maximum atomic E-state index is 11.4. The highest BCUT2D eigenvalue weighted by Crippen LogP contribution is 2.67. The number of hydrogen-bond donors (Lipinski definition) is 1. The predicted molar refractivity (Wildman–Crippen MR) is 102 cm³/mol. The lowest BCUT2D eigenvalue weighted by Gasteiger charge is -2.61. The lowest BCUT2D eigenvalue weighted by atomic mass is 9.44. The Labute approximate surface area is 159 Å². The van der Waals surface area contributed by atoms with Crippen LogP contribution in [0.25, 0.3) is 0 Å². The smallest absolute Gasteiger partial charge is 0.302 e. The fraction of sp³-hybridized carbons (Fsp3) is 0.957. The van der Waals surface area contributed by atoms with Crippen LogP contribution in [0.15, 0.2) is 0 Å². The molecule has 3 unspecified atom stereocenters. The van der Waals surface area contributed by atoms with Gasteiger partial charge < -0.3 is 9.84 Å². The summed E-state index contributed by atoms with van der Waals surface area (Å²) in [5.41, 5.74) is 0.789. The minimum Gasteiger partial charge on any atom is -0.463 e. The number of aliphatic hydroxyl groups is 1. The Balaban J connectivity index is 1.53. The molecule has 1 N–H and O–H groups in total. The Hall–Kier alpha value is -0.570. The Morgan fingerprint density at radius 2 is 1.69 bits per heavy atom. The third-order valence-corrected chi connectivity index (χ3v) is 9.61. The predicted octanol–water partition coefficient (Wildman–Crippen LogP) is 4.96. The van der Waals surface area contributed by atoms with Crippen LogP contribution in [0.4, 0.5) is 0 Å². The van der Waals surface area contributed by atoms with Crippen molar-refractivity contribution in [3.63, 3.8) is 0 Å². The molecule has 0 heterocycles. The van der Waals surface area contributed by atoms with Gasteiger partial charge in [-0.3, -0.25) is 4.79 Å². The summed E-state index contributed by atoms with van der Waals surface area (Å²) < 4.78 is 5.58. The van der Waals surface area contributed by atoms with Gasteiger partial charge in [-0.1, -0.05) is 13.8 Å². The third kappa shape index (κ3) is 2.75. The normalized spacial score (nSPS) is 51.7. The number of hydrogen-bond acceptors (Lipinski definition) is 3. The molecule has 4 aliphatic carbocycles. The zero-order valence-corrected chi connectivity index (χ0v) is 17.2. The van der Waals surface area contributed by atoms with E-state index in [1.165, 1.54) is 44.9 Å². The minimum absolute atomic E-state index is 0.115. The molecule has 0 saturated heterocycles. The maximum absolute atomic E-state index is 11.4. The van der Waals surface area contributed by atoms with Crippen LogP contribution in [0, 0.1) is 40.4 Å². The Morgan fingerprint density at radius 1 is 1.00 bits per heavy atom. The molecule has 0 spiro atoms. The van der Waals surface area contributed by atoms with Crippen LogP contribution >= 0.6 is 0 Å². The van der Waals surface area contributed by atoms with Gasteiger partial charge >= 0.3 is 5.97 Å². The summed E-state index contributed by atoms with van der Waals surface area (Å²) in [6.07, 6.45) is 11.2. The molecule has 4 rings (SSSR count). The molecule has 4 saturated carbocycles. The molecule has 0 aliphatic heterocycles. The van der Waals surface area contributed by atoms with Gasteiger partial charge in [-0.15, -0.1) is 0 Å². The largest absolute Gasteiger partial charge is 0.463 e. The molecule has 0 radical (unpaired) electrons. The van der Waals surface area contributed by atoms with Crippen molar-refractivity contribution in [3.8, 4) is 0 Å². The molecule has 0 aromatic heterocycles. The standard InChI is InChI=1S/C23H38O3/c1-14(24)19-7-8-20-18-6-5-16-13-17(26-15(2)25)9-11-22(16,3)21(18)10-12-23(19,20)4/h14,16-21,24H,5-13H2,1-4H3/t14?,16?,17?,18-,19+,20-,21-,22-,23+/m0/s1. The highest BCUT2D eigenvalue weighted by molar-refractivity contribution is 5.66. The average molecular weight is 363 g/mol. The van der Waals surface area contributed by atoms with Crippen molar-refractivity contribution in [2.24, 2.45) is 40.4 Å². The second-order valence-corrected chi connectivity index (χ2v) is 10.6. The van der Waals surface area contributed by atoms with E-state index in [9.17, 15) is 9.90 Å². The summed E-state index contributed by atoms with van der Waals surface area (Å²) >= 11 is 0. The maximum Gasteiger partial charge on any atom is 0.302 e. The second kappa shape index (κ2) is 6.50. The molecular weight excluding hydrogens is 324 g/mol. The van der Waals surface area contributed by atoms with Gasteiger partial charge in [0.2, 0.25) is 0 Å². The molecule has 0 aromatic carbocycles. The van der Waals surface area contributed by atoms with E-state index >= 15 is 0 Å². The molecule has 0 bridgehead atoms. The van der Waals surface area contributed by atoms with Crippen LogP contribution in [0.3, 0.4) is 0 Å². The van der Waals surface area contributed by atoms with E-state index < -0.39 is 0 Å². The van der Waals surface area contributed by atoms with Gasteiger partial charge in [0.25, 0.3) is 0 Å². The fourth-order valence-corrected chi connectivity index (χ4v) is 8.39. The van der Waals surface area contributed by atoms with E-state index in [1.807, 2.05) is 6.92 Å². The van der Waals surface area contributed by atoms with Crippen LogP contribution in [-0.2, 0) is 9.53 Å². The monoisotopic (exact) mass is 362 g/mol. The van der Waals surface area contributed by atoms with Gasteiger partial charge in [0.15, 0.2) is 0 Å². The van der Waals surface area contributed by atoms with E-state index in [1.54, 1.807) is 6.92 Å². The number of carbonyl (C=O) groups is 1. The van der Waals surface area contributed by atoms with E-state index in [4.69, 9.17) is 4.74 Å². The first-order valence-corrected chi connectivity index (χ1v) is 11.1. The number of ether oxygens (including phenoxy) is 1. The summed E-state index contributed by atoms with van der Waals surface area (Å²) in [5, 5.41) is 10.4. The van der Waals surface area contributed by atoms with Crippen molar-refractivity contribution in [2.45, 2.75) is 97.7 Å². The van der Waals surface area contributed by atoms with Gasteiger partial charge in [-0.05, 0) is 105 Å². The molecule has 4 aliphatic rings. The highest BCUT2D eigenvalue weighted by Gasteiger charge is 2.60. The lowest BCUT2D eigenvalue weighted by Crippen LogP contribution is -2.54. The Bertz CT molecular complexity index is 558. The number of rotatable bonds is 2. The average Bonchev–Trinajstić information content (AvgIpc) is 2.92. The summed E-state index contributed by atoms with van der Waals surface area (Å²) in [5.74, 6) is 3.61. The molecule has 0 amide bonds. The molecule has 0 aromatic rings. The summed E-state index contributed by atoms with van der Waals surface area (Å²) in [4.78, 5) is 11.4. The van der Waals surface area contributed by atoms with Crippen molar-refractivity contribution < 1.29 is 14.6 Å². The van der Waals surface area contributed by atoms with Gasteiger partial charge in [0.1, 0.15) is 6.10 Å². The van der Waals surface area contributed by atoms with Gasteiger partial charge in [0.05, 0.1) is 6.10 Å². The number of carbonyl (C=O) groups excluding carboxylic acids is 1. The topological polar surface area (TPSA) is 46.5 Å². The molecule has 9 atom stereocenters. The van der Waals surface area contributed by atoms with E-state index in [-0.39, 0.29) is 18.2 Å². The van der Waals surface area contributed by atoms with Crippen molar-refractivity contribution in [1.29, 1.82) is 0 Å². The molecular formula is C23H38O3. The first-order chi connectivity index (χ1) is 12.3. The minimum atomic E-state index is -0.160. The molecule has 4 fully saturated rings. The summed E-state index contributed by atoms with van der Waals surface area (Å²) in [6, 6.07) is 0. The van der Waals surface area contributed by atoms with Crippen molar-refractivity contribution in [3.05, 3.63) is 0 Å². The van der Waals surface area contributed by atoms with Gasteiger partial charge in [-0.25, -0.2) is 0 Å². The molecule has 26 heavy (non-hydrogen) atoms. The van der Waals surface area contributed by atoms with Gasteiger partial charge in [0, 0.05) is 6.92 Å². The first kappa shape index (κ1) is 18.8. The zero-order valence-electron chi connectivity index (χ0n) is 17.2. The highest BCUT2D eigenvalue weighted by atomic mass is 16.5. The van der Waals surface area contributed by atoms with E-state index in [0.717, 1.165) is 36.5 Å². The molecule has 3 heteroatoms.